The number of carbonyl (C=O) groups is 1. The lowest BCUT2D eigenvalue weighted by atomic mass is 10.1. The SMILES string of the molecule is Cc1ccc(NC(=O)CSc2nc3c(cnn3-c3ccc(F)cc3)c(=O)[nH]2)c(C)c1. The fourth-order valence-electron chi connectivity index (χ4n) is 3.01. The van der Waals surface area contributed by atoms with E-state index in [0.29, 0.717) is 21.9 Å². The molecule has 2 heterocycles. The lowest BCUT2D eigenvalue weighted by Gasteiger charge is -2.09. The van der Waals surface area contributed by atoms with Crippen molar-refractivity contribution >= 4 is 34.4 Å². The monoisotopic (exact) mass is 423 g/mol. The van der Waals surface area contributed by atoms with Crippen LogP contribution in [0.4, 0.5) is 10.1 Å². The second-order valence-corrected chi connectivity index (χ2v) is 7.76. The molecule has 0 unspecified atom stereocenters. The topological polar surface area (TPSA) is 92.7 Å². The number of aryl methyl sites for hydroxylation is 2. The highest BCUT2D eigenvalue weighted by molar-refractivity contribution is 7.99. The number of nitrogens with zero attached hydrogens (tertiary/aromatic N) is 3. The van der Waals surface area contributed by atoms with E-state index < -0.39 is 0 Å². The van der Waals surface area contributed by atoms with Gasteiger partial charge in [0.1, 0.15) is 11.2 Å². The maximum atomic E-state index is 13.2. The van der Waals surface area contributed by atoms with Gasteiger partial charge in [0, 0.05) is 5.69 Å². The quantitative estimate of drug-likeness (QED) is 0.378. The summed E-state index contributed by atoms with van der Waals surface area (Å²) in [6, 6.07) is 11.5. The van der Waals surface area contributed by atoms with Gasteiger partial charge in [-0.3, -0.25) is 9.59 Å². The number of carbonyl (C=O) groups excluding carboxylic acids is 1. The van der Waals surface area contributed by atoms with Crippen molar-refractivity contribution in [3.63, 3.8) is 0 Å². The number of aromatic nitrogens is 4. The summed E-state index contributed by atoms with van der Waals surface area (Å²) in [4.78, 5) is 31.8. The van der Waals surface area contributed by atoms with Crippen LogP contribution in [0.25, 0.3) is 16.7 Å². The molecule has 4 aromatic rings. The number of hydrogen-bond acceptors (Lipinski definition) is 5. The van der Waals surface area contributed by atoms with Crippen LogP contribution >= 0.6 is 11.8 Å². The number of H-pyrrole nitrogens is 1. The van der Waals surface area contributed by atoms with E-state index in [9.17, 15) is 14.0 Å². The Bertz CT molecular complexity index is 1300. The first-order chi connectivity index (χ1) is 14.4. The Balaban J connectivity index is 1.54. The minimum absolute atomic E-state index is 0.0758. The molecule has 0 bridgehead atoms. The molecule has 0 saturated carbocycles. The van der Waals surface area contributed by atoms with Gasteiger partial charge < -0.3 is 10.3 Å². The van der Waals surface area contributed by atoms with Gasteiger partial charge in [-0.15, -0.1) is 0 Å². The number of nitrogens with one attached hydrogen (secondary N) is 2. The van der Waals surface area contributed by atoms with Crippen molar-refractivity contribution in [1.29, 1.82) is 0 Å². The van der Waals surface area contributed by atoms with Crippen LogP contribution in [-0.4, -0.2) is 31.4 Å². The normalized spacial score (nSPS) is 11.0. The van der Waals surface area contributed by atoms with Gasteiger partial charge in [0.25, 0.3) is 5.56 Å². The largest absolute Gasteiger partial charge is 0.325 e. The average Bonchev–Trinajstić information content (AvgIpc) is 3.14. The molecule has 0 radical (unpaired) electrons. The smallest absolute Gasteiger partial charge is 0.262 e. The summed E-state index contributed by atoms with van der Waals surface area (Å²) in [5.74, 6) is -0.499. The zero-order chi connectivity index (χ0) is 21.3. The first-order valence-electron chi connectivity index (χ1n) is 9.14. The van der Waals surface area contributed by atoms with Crippen LogP contribution in [0.3, 0.4) is 0 Å². The maximum absolute atomic E-state index is 13.2. The van der Waals surface area contributed by atoms with Gasteiger partial charge in [0.2, 0.25) is 5.91 Å². The zero-order valence-corrected chi connectivity index (χ0v) is 17.1. The Morgan fingerprint density at radius 1 is 1.20 bits per heavy atom. The van der Waals surface area contributed by atoms with E-state index in [0.717, 1.165) is 28.6 Å². The van der Waals surface area contributed by atoms with Gasteiger partial charge in [0.05, 0.1) is 17.6 Å². The fraction of sp³-hybridized carbons (Fsp3) is 0.143. The Hall–Kier alpha value is -3.46. The molecule has 0 aliphatic heterocycles. The molecule has 7 nitrogen and oxygen atoms in total. The van der Waals surface area contributed by atoms with Crippen LogP contribution in [0.1, 0.15) is 11.1 Å². The van der Waals surface area contributed by atoms with Crippen molar-refractivity contribution in [1.82, 2.24) is 19.7 Å². The minimum Gasteiger partial charge on any atom is -0.325 e. The highest BCUT2D eigenvalue weighted by Gasteiger charge is 2.13. The van der Waals surface area contributed by atoms with Crippen LogP contribution in [-0.2, 0) is 4.79 Å². The molecule has 0 aliphatic carbocycles. The van der Waals surface area contributed by atoms with E-state index in [1.807, 2.05) is 32.0 Å². The molecule has 2 aromatic heterocycles. The lowest BCUT2D eigenvalue weighted by molar-refractivity contribution is -0.113. The molecule has 30 heavy (non-hydrogen) atoms. The summed E-state index contributed by atoms with van der Waals surface area (Å²) in [7, 11) is 0. The first kappa shape index (κ1) is 19.8. The molecule has 0 saturated heterocycles. The Morgan fingerprint density at radius 3 is 2.70 bits per heavy atom. The molecule has 0 atom stereocenters. The molecule has 2 aromatic carbocycles. The minimum atomic E-state index is -0.368. The number of aromatic amines is 1. The molecule has 9 heteroatoms. The Kier molecular flexibility index (Phi) is 5.37. The number of thioether (sulfide) groups is 1. The van der Waals surface area contributed by atoms with E-state index in [1.54, 1.807) is 12.1 Å². The summed E-state index contributed by atoms with van der Waals surface area (Å²) in [6.45, 7) is 3.92. The van der Waals surface area contributed by atoms with Crippen LogP contribution < -0.4 is 10.9 Å². The summed E-state index contributed by atoms with van der Waals surface area (Å²) in [6.07, 6.45) is 1.41. The molecule has 2 N–H and O–H groups in total. The van der Waals surface area contributed by atoms with Gasteiger partial charge in [-0.05, 0) is 49.7 Å². The predicted molar refractivity (Wildman–Crippen MR) is 115 cm³/mol. The summed E-state index contributed by atoms with van der Waals surface area (Å²) in [5.41, 5.74) is 3.40. The third-order valence-electron chi connectivity index (χ3n) is 4.48. The zero-order valence-electron chi connectivity index (χ0n) is 16.3. The number of amides is 1. The van der Waals surface area contributed by atoms with Gasteiger partial charge >= 0.3 is 0 Å². The van der Waals surface area contributed by atoms with E-state index in [-0.39, 0.29) is 23.0 Å². The summed E-state index contributed by atoms with van der Waals surface area (Å²) >= 11 is 1.12. The van der Waals surface area contributed by atoms with Crippen molar-refractivity contribution in [2.45, 2.75) is 19.0 Å². The second kappa shape index (κ2) is 8.11. The fourth-order valence-corrected chi connectivity index (χ4v) is 3.67. The predicted octanol–water partition coefficient (Wildman–Crippen LogP) is 3.60. The lowest BCUT2D eigenvalue weighted by Crippen LogP contribution is -2.16. The van der Waals surface area contributed by atoms with Crippen molar-refractivity contribution < 1.29 is 9.18 Å². The number of hydrogen-bond donors (Lipinski definition) is 2. The Morgan fingerprint density at radius 2 is 1.97 bits per heavy atom. The number of fused-ring (bicyclic) bond motifs is 1. The van der Waals surface area contributed by atoms with E-state index in [1.165, 1.54) is 23.0 Å². The first-order valence-corrected chi connectivity index (χ1v) is 10.1. The van der Waals surface area contributed by atoms with Crippen molar-refractivity contribution in [2.24, 2.45) is 0 Å². The standard InChI is InChI=1S/C21H18FN5O2S/c1-12-3-8-17(13(2)9-12)24-18(28)11-30-21-25-19-16(20(29)26-21)10-23-27(19)15-6-4-14(22)5-7-15/h3-10H,11H2,1-2H3,(H,24,28)(H,25,26,29). The van der Waals surface area contributed by atoms with E-state index in [2.05, 4.69) is 20.4 Å². The van der Waals surface area contributed by atoms with Gasteiger partial charge in [-0.2, -0.15) is 5.10 Å². The van der Waals surface area contributed by atoms with Crippen LogP contribution in [0.15, 0.2) is 58.6 Å². The number of benzene rings is 2. The maximum Gasteiger partial charge on any atom is 0.262 e. The molecular weight excluding hydrogens is 405 g/mol. The van der Waals surface area contributed by atoms with Crippen LogP contribution in [0.5, 0.6) is 0 Å². The summed E-state index contributed by atoms with van der Waals surface area (Å²) in [5, 5.41) is 7.66. The van der Waals surface area contributed by atoms with Crippen molar-refractivity contribution in [3.05, 3.63) is 76.0 Å². The Labute approximate surface area is 175 Å². The summed E-state index contributed by atoms with van der Waals surface area (Å²) < 4.78 is 14.7. The van der Waals surface area contributed by atoms with E-state index >= 15 is 0 Å². The highest BCUT2D eigenvalue weighted by Crippen LogP contribution is 2.20. The molecule has 1 amide bonds. The highest BCUT2D eigenvalue weighted by atomic mass is 32.2. The molecule has 4 rings (SSSR count). The molecule has 0 spiro atoms. The number of rotatable bonds is 5. The van der Waals surface area contributed by atoms with Crippen LogP contribution in [0, 0.1) is 19.7 Å². The third-order valence-corrected chi connectivity index (χ3v) is 5.36. The van der Waals surface area contributed by atoms with Gasteiger partial charge in [-0.25, -0.2) is 14.1 Å². The van der Waals surface area contributed by atoms with E-state index in [4.69, 9.17) is 0 Å². The average molecular weight is 423 g/mol. The molecule has 0 fully saturated rings. The van der Waals surface area contributed by atoms with Crippen molar-refractivity contribution in [3.8, 4) is 5.69 Å². The number of halogens is 1. The van der Waals surface area contributed by atoms with Crippen molar-refractivity contribution in [2.75, 3.05) is 11.1 Å². The molecule has 0 aliphatic rings. The molecule has 152 valence electrons. The second-order valence-electron chi connectivity index (χ2n) is 6.80. The number of anilines is 1. The van der Waals surface area contributed by atoms with Gasteiger partial charge in [-0.1, -0.05) is 29.5 Å². The van der Waals surface area contributed by atoms with Gasteiger partial charge in [0.15, 0.2) is 10.8 Å². The third kappa shape index (κ3) is 4.11. The van der Waals surface area contributed by atoms with Crippen LogP contribution in [0.2, 0.25) is 0 Å². The molecular formula is C21H18FN5O2S.